The Morgan fingerprint density at radius 2 is 1.00 bits per heavy atom. The molecule has 0 unspecified atom stereocenters. The van der Waals surface area contributed by atoms with Crippen molar-refractivity contribution in [2.75, 3.05) is 0 Å². The van der Waals surface area contributed by atoms with Crippen molar-refractivity contribution in [3.05, 3.63) is 143 Å². The molecule has 0 amide bonds. The SMILES string of the molecule is FC(F)n1nnc(C2CCC(N(Cc3ccccc3)Cc3cccc(-c4cccc(CN(Cc5ccccc5)C5CCC(c6nnnn6C(F)F)CC5)c4)c3)CC2)n1. The number of nitrogens with zero attached hydrogens (tertiary/aromatic N) is 10. The molecule has 2 saturated carbocycles. The summed E-state index contributed by atoms with van der Waals surface area (Å²) >= 11 is 0. The topological polar surface area (TPSA) is 93.7 Å². The van der Waals surface area contributed by atoms with Crippen LogP contribution < -0.4 is 0 Å². The van der Waals surface area contributed by atoms with Crippen LogP contribution in [0.25, 0.3) is 11.1 Å². The van der Waals surface area contributed by atoms with Crippen LogP contribution in [0.2, 0.25) is 0 Å². The summed E-state index contributed by atoms with van der Waals surface area (Å²) in [7, 11) is 0. The minimum atomic E-state index is -2.79. The van der Waals surface area contributed by atoms with Crippen LogP contribution >= 0.6 is 0 Å². The maximum absolute atomic E-state index is 13.6. The van der Waals surface area contributed by atoms with E-state index in [0.29, 0.717) is 21.3 Å². The van der Waals surface area contributed by atoms with E-state index in [2.05, 4.69) is 138 Å². The molecular formula is C44H48F4N10. The predicted octanol–water partition coefficient (Wildman–Crippen LogP) is 9.57. The van der Waals surface area contributed by atoms with E-state index in [9.17, 15) is 17.6 Å². The molecule has 58 heavy (non-hydrogen) atoms. The maximum atomic E-state index is 13.6. The number of aromatic nitrogens is 8. The number of hydrogen-bond donors (Lipinski definition) is 0. The summed E-state index contributed by atoms with van der Waals surface area (Å²) in [6.45, 7) is -2.42. The third kappa shape index (κ3) is 9.67. The summed E-state index contributed by atoms with van der Waals surface area (Å²) in [5, 5.41) is 22.5. The molecule has 2 fully saturated rings. The van der Waals surface area contributed by atoms with E-state index < -0.39 is 13.1 Å². The van der Waals surface area contributed by atoms with E-state index in [0.717, 1.165) is 88.7 Å². The van der Waals surface area contributed by atoms with Crippen LogP contribution in [0.15, 0.2) is 109 Å². The molecule has 0 spiro atoms. The summed E-state index contributed by atoms with van der Waals surface area (Å²) < 4.78 is 54.0. The Morgan fingerprint density at radius 3 is 1.48 bits per heavy atom. The third-order valence-electron chi connectivity index (χ3n) is 11.9. The van der Waals surface area contributed by atoms with E-state index >= 15 is 0 Å². The summed E-state index contributed by atoms with van der Waals surface area (Å²) in [4.78, 5) is 5.48. The first-order valence-electron chi connectivity index (χ1n) is 20.2. The fourth-order valence-electron chi connectivity index (χ4n) is 8.92. The van der Waals surface area contributed by atoms with Gasteiger partial charge in [-0.1, -0.05) is 102 Å². The number of halogens is 4. The average Bonchev–Trinajstić information content (AvgIpc) is 3.97. The lowest BCUT2D eigenvalue weighted by atomic mass is 9.84. The van der Waals surface area contributed by atoms with Gasteiger partial charge >= 0.3 is 13.1 Å². The fourth-order valence-corrected chi connectivity index (χ4v) is 8.92. The largest absolute Gasteiger partial charge is 0.350 e. The molecule has 0 bridgehead atoms. The van der Waals surface area contributed by atoms with Crippen LogP contribution in [0, 0.1) is 0 Å². The van der Waals surface area contributed by atoms with Crippen molar-refractivity contribution >= 4 is 0 Å². The molecule has 2 aliphatic carbocycles. The minimum Gasteiger partial charge on any atom is -0.292 e. The van der Waals surface area contributed by atoms with Crippen molar-refractivity contribution in [1.29, 1.82) is 0 Å². The Labute approximate surface area is 335 Å². The minimum absolute atomic E-state index is 0.0232. The third-order valence-corrected chi connectivity index (χ3v) is 11.9. The van der Waals surface area contributed by atoms with Crippen LogP contribution in [0.4, 0.5) is 17.6 Å². The monoisotopic (exact) mass is 792 g/mol. The smallest absolute Gasteiger partial charge is 0.292 e. The summed E-state index contributed by atoms with van der Waals surface area (Å²) in [5.41, 5.74) is 7.23. The van der Waals surface area contributed by atoms with Crippen molar-refractivity contribution in [3.63, 3.8) is 0 Å². The molecule has 14 heteroatoms. The van der Waals surface area contributed by atoms with Crippen molar-refractivity contribution in [2.24, 2.45) is 0 Å². The highest BCUT2D eigenvalue weighted by atomic mass is 19.3. The van der Waals surface area contributed by atoms with Crippen LogP contribution in [0.5, 0.6) is 0 Å². The Bertz CT molecular complexity index is 2180. The molecule has 4 aromatic carbocycles. The number of alkyl halides is 4. The maximum Gasteiger partial charge on any atom is 0.350 e. The molecule has 2 heterocycles. The molecule has 0 N–H and O–H groups in total. The standard InChI is InChI=1S/C44H48F4N10/c45-43(46)57-42(50-52-54-57)36-19-23-40(24-20-36)56(28-32-11-5-2-6-12-32)30-34-14-8-16-38(26-34)37-15-7-13-33(25-37)29-55(27-31-9-3-1-4-10-31)39-21-17-35(18-22-39)41-49-53-58(51-41)44(47)48/h1-16,25-26,35-36,39-40,43-44H,17-24,27-30H2. The Hall–Kier alpha value is -5.34. The van der Waals surface area contributed by atoms with E-state index in [1.807, 2.05) is 12.1 Å². The molecule has 302 valence electrons. The van der Waals surface area contributed by atoms with E-state index in [1.54, 1.807) is 0 Å². The van der Waals surface area contributed by atoms with Crippen LogP contribution in [0.1, 0.15) is 110 Å². The quantitative estimate of drug-likeness (QED) is 0.0950. The zero-order valence-corrected chi connectivity index (χ0v) is 32.3. The zero-order chi connectivity index (χ0) is 39.8. The van der Waals surface area contributed by atoms with Gasteiger partial charge in [-0.25, -0.2) is 0 Å². The Balaban J connectivity index is 0.968. The zero-order valence-electron chi connectivity index (χ0n) is 32.3. The second-order valence-electron chi connectivity index (χ2n) is 15.7. The van der Waals surface area contributed by atoms with E-state index in [4.69, 9.17) is 0 Å². The van der Waals surface area contributed by atoms with Gasteiger partial charge < -0.3 is 0 Å². The number of hydrogen-bond acceptors (Lipinski definition) is 8. The Kier molecular flexibility index (Phi) is 12.6. The number of benzene rings is 4. The molecule has 6 aromatic rings. The van der Waals surface area contributed by atoms with Crippen molar-refractivity contribution in [1.82, 2.24) is 50.2 Å². The molecule has 2 aliphatic rings. The lowest BCUT2D eigenvalue weighted by Gasteiger charge is -2.37. The van der Waals surface area contributed by atoms with E-state index in [-0.39, 0.29) is 23.7 Å². The van der Waals surface area contributed by atoms with Crippen molar-refractivity contribution < 1.29 is 17.6 Å². The molecule has 0 radical (unpaired) electrons. The predicted molar refractivity (Wildman–Crippen MR) is 211 cm³/mol. The van der Waals surface area contributed by atoms with Crippen LogP contribution in [0.3, 0.4) is 0 Å². The van der Waals surface area contributed by atoms with E-state index in [1.165, 1.54) is 22.3 Å². The van der Waals surface area contributed by atoms with Gasteiger partial charge in [0.05, 0.1) is 0 Å². The van der Waals surface area contributed by atoms with Gasteiger partial charge in [0, 0.05) is 50.1 Å². The molecule has 0 aliphatic heterocycles. The highest BCUT2D eigenvalue weighted by Gasteiger charge is 2.32. The Morgan fingerprint density at radius 1 is 0.517 bits per heavy atom. The molecule has 0 saturated heterocycles. The number of rotatable bonds is 15. The molecule has 0 atom stereocenters. The highest BCUT2D eigenvalue weighted by Crippen LogP contribution is 2.37. The average molecular weight is 793 g/mol. The second-order valence-corrected chi connectivity index (χ2v) is 15.7. The van der Waals surface area contributed by atoms with Crippen molar-refractivity contribution in [3.8, 4) is 11.1 Å². The highest BCUT2D eigenvalue weighted by molar-refractivity contribution is 5.65. The van der Waals surface area contributed by atoms with Gasteiger partial charge in [-0.3, -0.25) is 9.80 Å². The first kappa shape index (κ1) is 39.5. The molecule has 8 rings (SSSR count). The van der Waals surface area contributed by atoms with Gasteiger partial charge in [-0.05, 0) is 113 Å². The van der Waals surface area contributed by atoms with Gasteiger partial charge in [-0.2, -0.15) is 22.2 Å². The summed E-state index contributed by atoms with van der Waals surface area (Å²) in [6, 6.07) is 39.2. The van der Waals surface area contributed by atoms with Crippen LogP contribution in [-0.4, -0.2) is 62.3 Å². The molecular weight excluding hydrogens is 745 g/mol. The van der Waals surface area contributed by atoms with Crippen LogP contribution in [-0.2, 0) is 26.2 Å². The molecule has 10 nitrogen and oxygen atoms in total. The molecule has 2 aromatic heterocycles. The normalized spacial score (nSPS) is 20.1. The summed E-state index contributed by atoms with van der Waals surface area (Å²) in [6.07, 6.45) is 6.70. The lowest BCUT2D eigenvalue weighted by molar-refractivity contribution is 0.0391. The van der Waals surface area contributed by atoms with Gasteiger partial charge in [0.2, 0.25) is 0 Å². The summed E-state index contributed by atoms with van der Waals surface area (Å²) in [5.74, 6) is 0.622. The van der Waals surface area contributed by atoms with Gasteiger partial charge in [0.15, 0.2) is 11.6 Å². The second kappa shape index (κ2) is 18.5. The lowest BCUT2D eigenvalue weighted by Crippen LogP contribution is -2.37. The first-order chi connectivity index (χ1) is 28.4. The van der Waals surface area contributed by atoms with Gasteiger partial charge in [0.1, 0.15) is 0 Å². The van der Waals surface area contributed by atoms with Crippen molar-refractivity contribution in [2.45, 2.75) is 115 Å². The van der Waals surface area contributed by atoms with Gasteiger partial charge in [0.25, 0.3) is 0 Å². The van der Waals surface area contributed by atoms with Gasteiger partial charge in [-0.15, -0.1) is 15.3 Å². The fraction of sp³-hybridized carbons (Fsp3) is 0.409. The first-order valence-corrected chi connectivity index (χ1v) is 20.2. The number of tetrazole rings is 2.